The van der Waals surface area contributed by atoms with Crippen molar-refractivity contribution in [3.8, 4) is 5.75 Å². The second-order valence-corrected chi connectivity index (χ2v) is 7.88. The Labute approximate surface area is 164 Å². The van der Waals surface area contributed by atoms with Crippen molar-refractivity contribution in [2.75, 3.05) is 13.7 Å². The van der Waals surface area contributed by atoms with Gasteiger partial charge in [-0.25, -0.2) is 4.79 Å². The zero-order valence-electron chi connectivity index (χ0n) is 15.4. The summed E-state index contributed by atoms with van der Waals surface area (Å²) < 4.78 is 10.1. The van der Waals surface area contributed by atoms with Crippen molar-refractivity contribution in [3.05, 3.63) is 29.8 Å². The first kappa shape index (κ1) is 21.7. The van der Waals surface area contributed by atoms with Crippen LogP contribution in [0.2, 0.25) is 0 Å². The molecule has 0 aliphatic rings. The van der Waals surface area contributed by atoms with Gasteiger partial charge in [0.1, 0.15) is 11.8 Å². The summed E-state index contributed by atoms with van der Waals surface area (Å²) in [6, 6.07) is 7.18. The van der Waals surface area contributed by atoms with Gasteiger partial charge in [-0.2, -0.15) is 0 Å². The monoisotopic (exact) mass is 461 g/mol. The highest BCUT2D eigenvalue weighted by atomic mass is 127. The van der Waals surface area contributed by atoms with E-state index in [4.69, 9.17) is 9.47 Å². The molecule has 0 aromatic heterocycles. The van der Waals surface area contributed by atoms with Gasteiger partial charge in [0, 0.05) is 0 Å². The van der Waals surface area contributed by atoms with Gasteiger partial charge in [-0.3, -0.25) is 4.79 Å². The maximum Gasteiger partial charge on any atom is 0.328 e. The predicted octanol–water partition coefficient (Wildman–Crippen LogP) is 3.53. The van der Waals surface area contributed by atoms with E-state index in [1.807, 2.05) is 38.1 Å². The minimum absolute atomic E-state index is 0.150. The molecule has 0 fully saturated rings. The molecule has 1 rings (SSSR count). The average Bonchev–Trinajstić information content (AvgIpc) is 2.59. The van der Waals surface area contributed by atoms with E-state index < -0.39 is 12.0 Å². The Morgan fingerprint density at radius 3 is 2.36 bits per heavy atom. The molecule has 0 aliphatic heterocycles. The molecular weight excluding hydrogens is 433 g/mol. The van der Waals surface area contributed by atoms with Crippen molar-refractivity contribution in [1.29, 1.82) is 0 Å². The summed E-state index contributed by atoms with van der Waals surface area (Å²) in [7, 11) is 1.34. The van der Waals surface area contributed by atoms with Crippen LogP contribution in [0.3, 0.4) is 0 Å². The minimum atomic E-state index is -0.598. The number of carbonyl (C=O) groups is 2. The second kappa shape index (κ2) is 11.3. The first-order valence-electron chi connectivity index (χ1n) is 8.61. The SMILES string of the molecule is CCCOc1ccc(C[C@H](I)C(=O)N[C@@H](CC(C)C)C(=O)OC)cc1. The molecule has 140 valence electrons. The third-order valence-corrected chi connectivity index (χ3v) is 4.61. The molecule has 1 aromatic carbocycles. The summed E-state index contributed by atoms with van der Waals surface area (Å²) in [5, 5.41) is 2.81. The van der Waals surface area contributed by atoms with Gasteiger partial charge in [0.2, 0.25) is 5.91 Å². The molecule has 2 atom stereocenters. The quantitative estimate of drug-likeness (QED) is 0.329. The molecule has 1 aromatic rings. The fourth-order valence-corrected chi connectivity index (χ4v) is 3.02. The highest BCUT2D eigenvalue weighted by Gasteiger charge is 2.25. The van der Waals surface area contributed by atoms with Crippen LogP contribution in [-0.2, 0) is 20.7 Å². The minimum Gasteiger partial charge on any atom is -0.494 e. The largest absolute Gasteiger partial charge is 0.494 e. The van der Waals surface area contributed by atoms with Crippen LogP contribution >= 0.6 is 22.6 Å². The number of nitrogens with one attached hydrogen (secondary N) is 1. The fraction of sp³-hybridized carbons (Fsp3) is 0.579. The van der Waals surface area contributed by atoms with Gasteiger partial charge in [-0.1, -0.05) is 55.5 Å². The highest BCUT2D eigenvalue weighted by molar-refractivity contribution is 14.1. The van der Waals surface area contributed by atoms with E-state index in [-0.39, 0.29) is 15.7 Å². The topological polar surface area (TPSA) is 64.6 Å². The van der Waals surface area contributed by atoms with Crippen molar-refractivity contribution >= 4 is 34.5 Å². The molecule has 0 radical (unpaired) electrons. The number of rotatable bonds is 10. The van der Waals surface area contributed by atoms with E-state index >= 15 is 0 Å². The van der Waals surface area contributed by atoms with Gasteiger partial charge in [-0.15, -0.1) is 0 Å². The Morgan fingerprint density at radius 1 is 1.20 bits per heavy atom. The number of halogens is 1. The maximum atomic E-state index is 12.4. The van der Waals surface area contributed by atoms with Crippen LogP contribution in [0.25, 0.3) is 0 Å². The molecule has 25 heavy (non-hydrogen) atoms. The summed E-state index contributed by atoms with van der Waals surface area (Å²) >= 11 is 2.11. The van der Waals surface area contributed by atoms with Crippen molar-refractivity contribution < 1.29 is 19.1 Å². The molecule has 6 heteroatoms. The highest BCUT2D eigenvalue weighted by Crippen LogP contribution is 2.17. The first-order valence-corrected chi connectivity index (χ1v) is 9.85. The molecule has 0 aliphatic carbocycles. The summed E-state index contributed by atoms with van der Waals surface area (Å²) in [6.45, 7) is 6.77. The van der Waals surface area contributed by atoms with Crippen LogP contribution in [-0.4, -0.2) is 35.6 Å². The first-order chi connectivity index (χ1) is 11.9. The van der Waals surface area contributed by atoms with Crippen LogP contribution in [0, 0.1) is 5.92 Å². The number of methoxy groups -OCH3 is 1. The van der Waals surface area contributed by atoms with Gasteiger partial charge >= 0.3 is 5.97 Å². The molecule has 5 nitrogen and oxygen atoms in total. The molecule has 1 N–H and O–H groups in total. The zero-order valence-corrected chi connectivity index (χ0v) is 17.5. The maximum absolute atomic E-state index is 12.4. The number of carbonyl (C=O) groups excluding carboxylic acids is 2. The van der Waals surface area contributed by atoms with E-state index in [0.29, 0.717) is 19.4 Å². The van der Waals surface area contributed by atoms with E-state index in [2.05, 4.69) is 34.8 Å². The molecule has 0 unspecified atom stereocenters. The lowest BCUT2D eigenvalue weighted by Crippen LogP contribution is -2.45. The third-order valence-electron chi connectivity index (χ3n) is 3.60. The lowest BCUT2D eigenvalue weighted by atomic mass is 10.0. The Bertz CT molecular complexity index is 545. The number of ether oxygens (including phenoxy) is 2. The van der Waals surface area contributed by atoms with Crippen molar-refractivity contribution in [3.63, 3.8) is 0 Å². The zero-order chi connectivity index (χ0) is 18.8. The fourth-order valence-electron chi connectivity index (χ4n) is 2.33. The van der Waals surface area contributed by atoms with Gasteiger partial charge in [0.15, 0.2) is 0 Å². The predicted molar refractivity (Wildman–Crippen MR) is 107 cm³/mol. The van der Waals surface area contributed by atoms with Gasteiger partial charge in [-0.05, 0) is 42.9 Å². The standard InChI is InChI=1S/C19H28INO4/c1-5-10-25-15-8-6-14(7-9-15)12-16(20)18(22)21-17(11-13(2)3)19(23)24-4/h6-9,13,16-17H,5,10-12H2,1-4H3,(H,21,22)/t16-,17-/m0/s1. The molecule has 1 amide bonds. The lowest BCUT2D eigenvalue weighted by molar-refractivity contribution is -0.145. The van der Waals surface area contributed by atoms with Crippen LogP contribution < -0.4 is 10.1 Å². The summed E-state index contributed by atoms with van der Waals surface area (Å²) in [5.74, 6) is 0.571. The summed E-state index contributed by atoms with van der Waals surface area (Å²) in [6.07, 6.45) is 2.12. The number of hydrogen-bond donors (Lipinski definition) is 1. The average molecular weight is 461 g/mol. The van der Waals surface area contributed by atoms with Crippen molar-refractivity contribution in [2.45, 2.75) is 50.0 Å². The van der Waals surface area contributed by atoms with Crippen LogP contribution in [0.1, 0.15) is 39.2 Å². The Morgan fingerprint density at radius 2 is 1.84 bits per heavy atom. The van der Waals surface area contributed by atoms with Crippen molar-refractivity contribution in [1.82, 2.24) is 5.32 Å². The van der Waals surface area contributed by atoms with Gasteiger partial charge in [0.25, 0.3) is 0 Å². The van der Waals surface area contributed by atoms with Gasteiger partial charge < -0.3 is 14.8 Å². The Kier molecular flexibility index (Phi) is 9.85. The lowest BCUT2D eigenvalue weighted by Gasteiger charge is -2.20. The number of esters is 1. The molecule has 0 bridgehead atoms. The van der Waals surface area contributed by atoms with E-state index in [0.717, 1.165) is 17.7 Å². The van der Waals surface area contributed by atoms with Crippen LogP contribution in [0.5, 0.6) is 5.75 Å². The normalized spacial score (nSPS) is 13.2. The Balaban J connectivity index is 2.61. The molecule has 0 saturated carbocycles. The van der Waals surface area contributed by atoms with Gasteiger partial charge in [0.05, 0.1) is 17.6 Å². The Hall–Kier alpha value is -1.31. The number of alkyl halides is 1. The second-order valence-electron chi connectivity index (χ2n) is 6.38. The van der Waals surface area contributed by atoms with Crippen LogP contribution in [0.15, 0.2) is 24.3 Å². The number of benzene rings is 1. The van der Waals surface area contributed by atoms with E-state index in [1.165, 1.54) is 7.11 Å². The van der Waals surface area contributed by atoms with Crippen molar-refractivity contribution in [2.24, 2.45) is 5.92 Å². The molecule has 0 saturated heterocycles. The number of amides is 1. The molecular formula is C19H28INO4. The van der Waals surface area contributed by atoms with E-state index in [9.17, 15) is 9.59 Å². The summed E-state index contributed by atoms with van der Waals surface area (Å²) in [5.41, 5.74) is 1.05. The molecule has 0 spiro atoms. The van der Waals surface area contributed by atoms with Crippen LogP contribution in [0.4, 0.5) is 0 Å². The summed E-state index contributed by atoms with van der Waals surface area (Å²) in [4.78, 5) is 24.3. The smallest absolute Gasteiger partial charge is 0.328 e. The number of hydrogen-bond acceptors (Lipinski definition) is 4. The third kappa shape index (κ3) is 8.07. The molecule has 0 heterocycles. The van der Waals surface area contributed by atoms with E-state index in [1.54, 1.807) is 0 Å².